The molecule has 0 aliphatic heterocycles. The molecule has 0 amide bonds. The molecular formula is C7H5BrClFO2. The van der Waals surface area contributed by atoms with E-state index >= 15 is 0 Å². The Bertz CT molecular complexity index is 303. The third-order valence-corrected chi connectivity index (χ3v) is 1.77. The standard InChI is InChI=1S/C7H4BrFO2.ClH/c8-5-3-4(7(10)11)1-2-6(5)9;/h1-3H,(H,10,11);1H. The van der Waals surface area contributed by atoms with Crippen LogP contribution < -0.4 is 0 Å². The summed E-state index contributed by atoms with van der Waals surface area (Å²) in [5.41, 5.74) is 0.0678. The summed E-state index contributed by atoms with van der Waals surface area (Å²) >= 11 is 2.88. The molecule has 0 bridgehead atoms. The van der Waals surface area contributed by atoms with Crippen molar-refractivity contribution in [2.45, 2.75) is 0 Å². The lowest BCUT2D eigenvalue weighted by molar-refractivity contribution is 0.0697. The second-order valence-corrected chi connectivity index (χ2v) is 2.79. The van der Waals surface area contributed by atoms with E-state index in [0.717, 1.165) is 6.07 Å². The van der Waals surface area contributed by atoms with E-state index in [2.05, 4.69) is 15.9 Å². The van der Waals surface area contributed by atoms with Gasteiger partial charge in [0.05, 0.1) is 10.0 Å². The third kappa shape index (κ3) is 2.46. The Morgan fingerprint density at radius 3 is 2.50 bits per heavy atom. The largest absolute Gasteiger partial charge is 0.478 e. The van der Waals surface area contributed by atoms with Crippen LogP contribution >= 0.6 is 28.3 Å². The Labute approximate surface area is 82.9 Å². The maximum Gasteiger partial charge on any atom is 0.335 e. The van der Waals surface area contributed by atoms with Crippen LogP contribution in [0.25, 0.3) is 0 Å². The Hall–Kier alpha value is -0.610. The minimum absolute atomic E-state index is 0. The van der Waals surface area contributed by atoms with Crippen molar-refractivity contribution in [1.82, 2.24) is 0 Å². The lowest BCUT2D eigenvalue weighted by Crippen LogP contribution is -1.95. The van der Waals surface area contributed by atoms with Crippen LogP contribution in [-0.4, -0.2) is 11.1 Å². The smallest absolute Gasteiger partial charge is 0.335 e. The average Bonchev–Trinajstić information content (AvgIpc) is 1.94. The third-order valence-electron chi connectivity index (χ3n) is 1.17. The van der Waals surface area contributed by atoms with Gasteiger partial charge in [-0.1, -0.05) is 0 Å². The first kappa shape index (κ1) is 11.4. The van der Waals surface area contributed by atoms with Crippen LogP contribution in [-0.2, 0) is 0 Å². The van der Waals surface area contributed by atoms with E-state index < -0.39 is 11.8 Å². The summed E-state index contributed by atoms with van der Waals surface area (Å²) in [7, 11) is 0. The highest BCUT2D eigenvalue weighted by molar-refractivity contribution is 9.10. The SMILES string of the molecule is Cl.O=C(O)c1ccc(F)c(Br)c1. The fraction of sp³-hybridized carbons (Fsp3) is 0. The highest BCUT2D eigenvalue weighted by atomic mass is 79.9. The molecule has 0 heterocycles. The van der Waals surface area contributed by atoms with Crippen molar-refractivity contribution in [2.24, 2.45) is 0 Å². The molecule has 1 rings (SSSR count). The van der Waals surface area contributed by atoms with Crippen LogP contribution in [0.2, 0.25) is 0 Å². The van der Waals surface area contributed by atoms with Crippen molar-refractivity contribution in [1.29, 1.82) is 0 Å². The van der Waals surface area contributed by atoms with E-state index in [1.54, 1.807) is 0 Å². The highest BCUT2D eigenvalue weighted by Gasteiger charge is 2.05. The van der Waals surface area contributed by atoms with E-state index in [1.807, 2.05) is 0 Å². The minimum atomic E-state index is -1.06. The van der Waals surface area contributed by atoms with Crippen molar-refractivity contribution in [3.05, 3.63) is 34.1 Å². The fourth-order valence-electron chi connectivity index (χ4n) is 0.629. The molecule has 66 valence electrons. The molecule has 0 aliphatic rings. The van der Waals surface area contributed by atoms with Gasteiger partial charge in [-0.3, -0.25) is 0 Å². The molecule has 0 aliphatic carbocycles. The molecule has 1 aromatic carbocycles. The van der Waals surface area contributed by atoms with E-state index in [1.165, 1.54) is 12.1 Å². The number of carboxylic acids is 1. The van der Waals surface area contributed by atoms with Crippen molar-refractivity contribution >= 4 is 34.3 Å². The number of carboxylic acid groups (broad SMARTS) is 1. The monoisotopic (exact) mass is 254 g/mol. The summed E-state index contributed by atoms with van der Waals surface area (Å²) in [5.74, 6) is -1.53. The molecule has 0 fully saturated rings. The Morgan fingerprint density at radius 1 is 1.50 bits per heavy atom. The average molecular weight is 255 g/mol. The molecule has 0 saturated carbocycles. The fourth-order valence-corrected chi connectivity index (χ4v) is 1.01. The molecule has 0 atom stereocenters. The number of aromatic carboxylic acids is 1. The first-order chi connectivity index (χ1) is 5.11. The van der Waals surface area contributed by atoms with Crippen LogP contribution in [0.3, 0.4) is 0 Å². The van der Waals surface area contributed by atoms with E-state index in [0.29, 0.717) is 0 Å². The number of hydrogen-bond donors (Lipinski definition) is 1. The van der Waals surface area contributed by atoms with Gasteiger partial charge < -0.3 is 5.11 Å². The van der Waals surface area contributed by atoms with Crippen molar-refractivity contribution in [2.75, 3.05) is 0 Å². The molecule has 0 radical (unpaired) electrons. The molecule has 1 aromatic rings. The molecule has 1 N–H and O–H groups in total. The van der Waals surface area contributed by atoms with Crippen LogP contribution in [0.5, 0.6) is 0 Å². The number of carbonyl (C=O) groups is 1. The Balaban J connectivity index is 0.00000121. The van der Waals surface area contributed by atoms with Gasteiger partial charge in [-0.2, -0.15) is 0 Å². The molecule has 2 nitrogen and oxygen atoms in total. The second kappa shape index (κ2) is 4.42. The van der Waals surface area contributed by atoms with Gasteiger partial charge >= 0.3 is 5.97 Å². The summed E-state index contributed by atoms with van der Waals surface area (Å²) < 4.78 is 12.7. The molecule has 0 spiro atoms. The zero-order valence-electron chi connectivity index (χ0n) is 5.75. The second-order valence-electron chi connectivity index (χ2n) is 1.93. The van der Waals surface area contributed by atoms with Gasteiger partial charge in [0.25, 0.3) is 0 Å². The molecule has 5 heteroatoms. The van der Waals surface area contributed by atoms with Gasteiger partial charge in [0.1, 0.15) is 5.82 Å². The maximum atomic E-state index is 12.5. The van der Waals surface area contributed by atoms with Gasteiger partial charge in [0, 0.05) is 0 Å². The van der Waals surface area contributed by atoms with Gasteiger partial charge in [0.2, 0.25) is 0 Å². The lowest BCUT2D eigenvalue weighted by Gasteiger charge is -1.95. The summed E-state index contributed by atoms with van der Waals surface area (Å²) in [4.78, 5) is 10.3. The topological polar surface area (TPSA) is 37.3 Å². The number of halogens is 3. The van der Waals surface area contributed by atoms with Crippen LogP contribution in [0.15, 0.2) is 22.7 Å². The first-order valence-electron chi connectivity index (χ1n) is 2.79. The summed E-state index contributed by atoms with van der Waals surface area (Å²) in [6.45, 7) is 0. The molecule has 0 saturated heterocycles. The number of benzene rings is 1. The van der Waals surface area contributed by atoms with Crippen molar-refractivity contribution in [3.8, 4) is 0 Å². The van der Waals surface area contributed by atoms with E-state index in [9.17, 15) is 9.18 Å². The maximum absolute atomic E-state index is 12.5. The van der Waals surface area contributed by atoms with E-state index in [-0.39, 0.29) is 22.4 Å². The Morgan fingerprint density at radius 2 is 2.08 bits per heavy atom. The summed E-state index contributed by atoms with van der Waals surface area (Å²) in [6.07, 6.45) is 0. The first-order valence-corrected chi connectivity index (χ1v) is 3.59. The highest BCUT2D eigenvalue weighted by Crippen LogP contribution is 2.16. The van der Waals surface area contributed by atoms with E-state index in [4.69, 9.17) is 5.11 Å². The number of hydrogen-bond acceptors (Lipinski definition) is 1. The zero-order chi connectivity index (χ0) is 8.43. The Kier molecular flexibility index (Phi) is 4.20. The van der Waals surface area contributed by atoms with Gasteiger partial charge in [-0.25, -0.2) is 9.18 Å². The quantitative estimate of drug-likeness (QED) is 0.838. The molecule has 0 unspecified atom stereocenters. The van der Waals surface area contributed by atoms with Gasteiger partial charge in [-0.15, -0.1) is 12.4 Å². The predicted octanol–water partition coefficient (Wildman–Crippen LogP) is 2.71. The van der Waals surface area contributed by atoms with Crippen LogP contribution in [0.1, 0.15) is 10.4 Å². The summed E-state index contributed by atoms with van der Waals surface area (Å²) in [5, 5.41) is 8.46. The zero-order valence-corrected chi connectivity index (χ0v) is 8.15. The normalized spacial score (nSPS) is 8.83. The lowest BCUT2D eigenvalue weighted by atomic mass is 10.2. The minimum Gasteiger partial charge on any atom is -0.478 e. The van der Waals surface area contributed by atoms with Gasteiger partial charge in [0.15, 0.2) is 0 Å². The molecule has 0 aromatic heterocycles. The van der Waals surface area contributed by atoms with Gasteiger partial charge in [-0.05, 0) is 34.1 Å². The summed E-state index contributed by atoms with van der Waals surface area (Å²) in [6, 6.07) is 3.54. The molecule has 12 heavy (non-hydrogen) atoms. The van der Waals surface area contributed by atoms with Crippen molar-refractivity contribution < 1.29 is 14.3 Å². The van der Waals surface area contributed by atoms with Crippen LogP contribution in [0, 0.1) is 5.82 Å². The predicted molar refractivity (Wildman–Crippen MR) is 48.3 cm³/mol. The number of rotatable bonds is 1. The molecular weight excluding hydrogens is 250 g/mol. The van der Waals surface area contributed by atoms with Crippen molar-refractivity contribution in [3.63, 3.8) is 0 Å². The van der Waals surface area contributed by atoms with Crippen LogP contribution in [0.4, 0.5) is 4.39 Å².